The highest BCUT2D eigenvalue weighted by molar-refractivity contribution is 5.85. The van der Waals surface area contributed by atoms with E-state index >= 15 is 0 Å². The van der Waals surface area contributed by atoms with E-state index in [0.29, 0.717) is 0 Å². The molecule has 15 heavy (non-hydrogen) atoms. The first kappa shape index (κ1) is 15.2. The number of hydrogen-bond donors (Lipinski definition) is 1. The highest BCUT2D eigenvalue weighted by Gasteiger charge is 2.21. The maximum atomic E-state index is 5.92. The van der Waals surface area contributed by atoms with Crippen molar-refractivity contribution in [3.05, 3.63) is 0 Å². The second-order valence-corrected chi connectivity index (χ2v) is 5.24. The minimum atomic E-state index is -0.106. The number of nitrogens with zero attached hydrogens (tertiary/aromatic N) is 1. The third kappa shape index (κ3) is 9.12. The van der Waals surface area contributed by atoms with Gasteiger partial charge < -0.3 is 15.4 Å². The molecule has 0 bridgehead atoms. The molecule has 0 aliphatic heterocycles. The number of rotatable bonds is 7. The van der Waals surface area contributed by atoms with Crippen LogP contribution in [0.5, 0.6) is 0 Å². The molecule has 1 saturated carbocycles. The van der Waals surface area contributed by atoms with Gasteiger partial charge in [-0.3, -0.25) is 0 Å². The largest absolute Gasteiger partial charge is 0.380 e. The second kappa shape index (κ2) is 6.69. The van der Waals surface area contributed by atoms with Gasteiger partial charge in [0.05, 0.1) is 6.61 Å². The molecule has 1 aliphatic rings. The Morgan fingerprint density at radius 1 is 1.40 bits per heavy atom. The van der Waals surface area contributed by atoms with Crippen molar-refractivity contribution in [3.63, 3.8) is 0 Å². The molecule has 1 rings (SSSR count). The summed E-state index contributed by atoms with van der Waals surface area (Å²) in [6.07, 6.45) is 2.73. The Labute approximate surface area is 99.7 Å². The Bertz CT molecular complexity index is 166. The lowest BCUT2D eigenvalue weighted by Crippen LogP contribution is -2.44. The van der Waals surface area contributed by atoms with Gasteiger partial charge in [0.2, 0.25) is 0 Å². The van der Waals surface area contributed by atoms with Gasteiger partial charge in [0, 0.05) is 25.2 Å². The molecule has 0 atom stereocenters. The predicted octanol–water partition coefficient (Wildman–Crippen LogP) is 1.50. The number of hydrogen-bond acceptors (Lipinski definition) is 3. The van der Waals surface area contributed by atoms with E-state index in [2.05, 4.69) is 25.8 Å². The van der Waals surface area contributed by atoms with Gasteiger partial charge in [0.15, 0.2) is 0 Å². The van der Waals surface area contributed by atoms with Crippen molar-refractivity contribution >= 4 is 12.4 Å². The Balaban J connectivity index is 0.00000196. The lowest BCUT2D eigenvalue weighted by molar-refractivity contribution is 0.0988. The molecule has 4 heteroatoms. The quantitative estimate of drug-likeness (QED) is 0.681. The summed E-state index contributed by atoms with van der Waals surface area (Å²) in [5.74, 6) is 0.867. The third-order valence-electron chi connectivity index (χ3n) is 2.35. The Morgan fingerprint density at radius 3 is 2.47 bits per heavy atom. The zero-order chi connectivity index (χ0) is 10.6. The van der Waals surface area contributed by atoms with Crippen LogP contribution in [0, 0.1) is 5.92 Å². The first-order chi connectivity index (χ1) is 6.47. The molecule has 0 unspecified atom stereocenters. The Hall–Kier alpha value is 0.170. The summed E-state index contributed by atoms with van der Waals surface area (Å²) in [6, 6.07) is 0. The van der Waals surface area contributed by atoms with E-state index in [1.807, 2.05) is 0 Å². The summed E-state index contributed by atoms with van der Waals surface area (Å²) in [4.78, 5) is 2.23. The second-order valence-electron chi connectivity index (χ2n) is 5.24. The number of ether oxygens (including phenoxy) is 1. The molecule has 0 spiro atoms. The first-order valence-electron chi connectivity index (χ1n) is 5.52. The van der Waals surface area contributed by atoms with Gasteiger partial charge >= 0.3 is 0 Å². The van der Waals surface area contributed by atoms with Crippen molar-refractivity contribution in [1.82, 2.24) is 4.90 Å². The molecule has 0 aromatic rings. The van der Waals surface area contributed by atoms with Gasteiger partial charge in [0.1, 0.15) is 0 Å². The molecule has 0 heterocycles. The average molecular weight is 237 g/mol. The van der Waals surface area contributed by atoms with Crippen molar-refractivity contribution in [2.75, 3.05) is 33.4 Å². The number of likely N-dealkylation sites (N-methyl/N-ethyl adjacent to an activating group) is 1. The Morgan fingerprint density at radius 2 is 2.00 bits per heavy atom. The molecule has 2 N–H and O–H groups in total. The summed E-state index contributed by atoms with van der Waals surface area (Å²) in [6.45, 7) is 7.79. The van der Waals surface area contributed by atoms with E-state index in [0.717, 1.165) is 32.2 Å². The van der Waals surface area contributed by atoms with Crippen molar-refractivity contribution in [2.24, 2.45) is 11.7 Å². The van der Waals surface area contributed by atoms with E-state index in [4.69, 9.17) is 10.5 Å². The van der Waals surface area contributed by atoms with Crippen LogP contribution in [0.2, 0.25) is 0 Å². The van der Waals surface area contributed by atoms with E-state index in [9.17, 15) is 0 Å². The molecule has 1 fully saturated rings. The van der Waals surface area contributed by atoms with Crippen LogP contribution in [-0.2, 0) is 4.74 Å². The van der Waals surface area contributed by atoms with Crippen molar-refractivity contribution in [1.29, 1.82) is 0 Å². The minimum absolute atomic E-state index is 0. The molecule has 0 amide bonds. The zero-order valence-corrected chi connectivity index (χ0v) is 11.0. The van der Waals surface area contributed by atoms with E-state index in [1.165, 1.54) is 12.8 Å². The van der Waals surface area contributed by atoms with Crippen LogP contribution < -0.4 is 5.73 Å². The molecule has 0 aromatic carbocycles. The summed E-state index contributed by atoms with van der Waals surface area (Å²) in [5, 5.41) is 0. The number of nitrogens with two attached hydrogens (primary N) is 1. The monoisotopic (exact) mass is 236 g/mol. The lowest BCUT2D eigenvalue weighted by atomic mass is 10.1. The summed E-state index contributed by atoms with van der Waals surface area (Å²) < 4.78 is 5.56. The van der Waals surface area contributed by atoms with Crippen LogP contribution in [0.15, 0.2) is 0 Å². The van der Waals surface area contributed by atoms with Crippen LogP contribution in [0.1, 0.15) is 26.7 Å². The summed E-state index contributed by atoms with van der Waals surface area (Å²) in [7, 11) is 2.09. The van der Waals surface area contributed by atoms with Gasteiger partial charge in [0.25, 0.3) is 0 Å². The van der Waals surface area contributed by atoms with Crippen LogP contribution in [0.4, 0.5) is 0 Å². The van der Waals surface area contributed by atoms with Gasteiger partial charge in [-0.05, 0) is 39.7 Å². The topological polar surface area (TPSA) is 38.5 Å². The average Bonchev–Trinajstić information content (AvgIpc) is 2.77. The summed E-state index contributed by atoms with van der Waals surface area (Å²) in [5.41, 5.74) is 5.81. The van der Waals surface area contributed by atoms with Gasteiger partial charge in [-0.25, -0.2) is 0 Å². The van der Waals surface area contributed by atoms with Gasteiger partial charge in [-0.1, -0.05) is 0 Å². The normalized spacial score (nSPS) is 16.6. The van der Waals surface area contributed by atoms with Crippen molar-refractivity contribution < 1.29 is 4.74 Å². The Kier molecular flexibility index (Phi) is 6.76. The smallest absolute Gasteiger partial charge is 0.0593 e. The fourth-order valence-electron chi connectivity index (χ4n) is 1.53. The summed E-state index contributed by atoms with van der Waals surface area (Å²) >= 11 is 0. The maximum Gasteiger partial charge on any atom is 0.0593 e. The van der Waals surface area contributed by atoms with E-state index in [-0.39, 0.29) is 17.9 Å². The van der Waals surface area contributed by atoms with Gasteiger partial charge in [-0.15, -0.1) is 12.4 Å². The highest BCUT2D eigenvalue weighted by Crippen LogP contribution is 2.28. The predicted molar refractivity (Wildman–Crippen MR) is 66.6 cm³/mol. The zero-order valence-electron chi connectivity index (χ0n) is 10.2. The molecule has 3 nitrogen and oxygen atoms in total. The molecular weight excluding hydrogens is 212 g/mol. The van der Waals surface area contributed by atoms with E-state index < -0.39 is 0 Å². The van der Waals surface area contributed by atoms with Gasteiger partial charge in [-0.2, -0.15) is 0 Å². The molecule has 92 valence electrons. The minimum Gasteiger partial charge on any atom is -0.380 e. The molecule has 0 radical (unpaired) electrons. The van der Waals surface area contributed by atoms with Crippen LogP contribution in [0.3, 0.4) is 0 Å². The fourth-order valence-corrected chi connectivity index (χ4v) is 1.53. The third-order valence-corrected chi connectivity index (χ3v) is 2.35. The SMILES string of the molecule is CN(CCOCC1CC1)CC(C)(C)N.Cl. The molecular formula is C11H25ClN2O. The standard InChI is InChI=1S/C11H24N2O.ClH/c1-11(2,12)9-13(3)6-7-14-8-10-4-5-10;/h10H,4-9,12H2,1-3H3;1H. The maximum absolute atomic E-state index is 5.92. The molecule has 0 saturated heterocycles. The first-order valence-corrected chi connectivity index (χ1v) is 5.52. The highest BCUT2D eigenvalue weighted by atomic mass is 35.5. The molecule has 1 aliphatic carbocycles. The van der Waals surface area contributed by atoms with Crippen LogP contribution >= 0.6 is 12.4 Å². The number of halogens is 1. The van der Waals surface area contributed by atoms with Crippen LogP contribution in [-0.4, -0.2) is 43.8 Å². The fraction of sp³-hybridized carbons (Fsp3) is 1.00. The van der Waals surface area contributed by atoms with E-state index in [1.54, 1.807) is 0 Å². The lowest BCUT2D eigenvalue weighted by Gasteiger charge is -2.26. The van der Waals surface area contributed by atoms with Crippen molar-refractivity contribution in [2.45, 2.75) is 32.2 Å². The van der Waals surface area contributed by atoms with Crippen molar-refractivity contribution in [3.8, 4) is 0 Å². The van der Waals surface area contributed by atoms with Crippen LogP contribution in [0.25, 0.3) is 0 Å². The molecule has 0 aromatic heterocycles.